The lowest BCUT2D eigenvalue weighted by Crippen LogP contribution is -2.31. The molecule has 0 fully saturated rings. The van der Waals surface area contributed by atoms with Crippen LogP contribution >= 0.6 is 0 Å². The molecule has 3 aromatic carbocycles. The van der Waals surface area contributed by atoms with Gasteiger partial charge < -0.3 is 0 Å². The Kier molecular flexibility index (Phi) is 8.18. The van der Waals surface area contributed by atoms with Crippen LogP contribution in [-0.4, -0.2) is 18.2 Å². The van der Waals surface area contributed by atoms with E-state index in [1.807, 2.05) is 41.9 Å². The van der Waals surface area contributed by atoms with Gasteiger partial charge in [0.05, 0.1) is 16.1 Å². The van der Waals surface area contributed by atoms with Crippen molar-refractivity contribution in [2.75, 3.05) is 4.72 Å². The van der Waals surface area contributed by atoms with Crippen LogP contribution in [-0.2, 0) is 22.0 Å². The Morgan fingerprint density at radius 3 is 2.08 bits per heavy atom. The van der Waals surface area contributed by atoms with Crippen molar-refractivity contribution in [3.05, 3.63) is 102 Å². The standard InChI is InChI=1S/C31H37N3O2S/c1-5-6-7-10-15-25-20-22-26(23-21-25)29-24(2)32-34(31(3,4)27-16-11-8-12-17-27)30(29)33-37(35,36)28-18-13-9-14-19-28/h8-9,11-14,16-23,33H,5-7,10,15H2,1-4H3. The summed E-state index contributed by atoms with van der Waals surface area (Å²) in [7, 11) is -3.83. The largest absolute Gasteiger partial charge is 0.263 e. The zero-order chi connectivity index (χ0) is 26.5. The lowest BCUT2D eigenvalue weighted by Gasteiger charge is -2.28. The predicted octanol–water partition coefficient (Wildman–Crippen LogP) is 7.57. The second-order valence-electron chi connectivity index (χ2n) is 10.1. The fourth-order valence-electron chi connectivity index (χ4n) is 4.72. The van der Waals surface area contributed by atoms with E-state index in [-0.39, 0.29) is 4.90 Å². The molecule has 0 amide bonds. The van der Waals surface area contributed by atoms with Crippen molar-refractivity contribution < 1.29 is 8.42 Å². The summed E-state index contributed by atoms with van der Waals surface area (Å²) in [5, 5.41) is 4.90. The summed E-state index contributed by atoms with van der Waals surface area (Å²) in [5.41, 5.74) is 4.23. The highest BCUT2D eigenvalue weighted by atomic mass is 32.2. The van der Waals surface area contributed by atoms with E-state index in [4.69, 9.17) is 5.10 Å². The van der Waals surface area contributed by atoms with Gasteiger partial charge in [-0.15, -0.1) is 0 Å². The van der Waals surface area contributed by atoms with Crippen LogP contribution in [0.4, 0.5) is 5.82 Å². The first-order valence-electron chi connectivity index (χ1n) is 13.1. The molecule has 0 saturated heterocycles. The summed E-state index contributed by atoms with van der Waals surface area (Å²) in [5.74, 6) is 0.464. The van der Waals surface area contributed by atoms with Gasteiger partial charge in [0.15, 0.2) is 0 Å². The van der Waals surface area contributed by atoms with Gasteiger partial charge in [0.25, 0.3) is 10.0 Å². The molecule has 6 heteroatoms. The number of benzene rings is 3. The van der Waals surface area contributed by atoms with Crippen molar-refractivity contribution in [1.29, 1.82) is 0 Å². The summed E-state index contributed by atoms with van der Waals surface area (Å²) in [6, 6.07) is 27.0. The Balaban J connectivity index is 1.79. The maximum Gasteiger partial charge on any atom is 0.263 e. The number of hydrogen-bond donors (Lipinski definition) is 1. The molecule has 0 aliphatic heterocycles. The van der Waals surface area contributed by atoms with Crippen LogP contribution in [0.1, 0.15) is 63.3 Å². The third-order valence-corrected chi connectivity index (χ3v) is 8.27. The quantitative estimate of drug-likeness (QED) is 0.210. The molecule has 1 aromatic heterocycles. The molecule has 0 aliphatic rings. The molecule has 0 bridgehead atoms. The van der Waals surface area contributed by atoms with E-state index in [0.29, 0.717) is 5.82 Å². The molecule has 0 aliphatic carbocycles. The average molecular weight is 516 g/mol. The minimum Gasteiger partial charge on any atom is -0.263 e. The van der Waals surface area contributed by atoms with Crippen molar-refractivity contribution in [2.24, 2.45) is 0 Å². The van der Waals surface area contributed by atoms with Crippen LogP contribution in [0.25, 0.3) is 11.1 Å². The highest BCUT2D eigenvalue weighted by molar-refractivity contribution is 7.92. The smallest absolute Gasteiger partial charge is 0.263 e. The maximum absolute atomic E-state index is 13.5. The van der Waals surface area contributed by atoms with E-state index < -0.39 is 15.6 Å². The number of nitrogens with one attached hydrogen (secondary N) is 1. The van der Waals surface area contributed by atoms with Gasteiger partial charge in [-0.3, -0.25) is 4.72 Å². The topological polar surface area (TPSA) is 64.0 Å². The average Bonchev–Trinajstić information content (AvgIpc) is 3.23. The van der Waals surface area contributed by atoms with Gasteiger partial charge in [-0.1, -0.05) is 99.0 Å². The minimum atomic E-state index is -3.83. The molecule has 0 radical (unpaired) electrons. The van der Waals surface area contributed by atoms with Gasteiger partial charge in [0.2, 0.25) is 0 Å². The molecule has 0 spiro atoms. The summed E-state index contributed by atoms with van der Waals surface area (Å²) < 4.78 is 31.7. The zero-order valence-corrected chi connectivity index (χ0v) is 23.1. The van der Waals surface area contributed by atoms with E-state index in [1.165, 1.54) is 31.2 Å². The van der Waals surface area contributed by atoms with Crippen molar-refractivity contribution >= 4 is 15.8 Å². The Morgan fingerprint density at radius 1 is 0.838 bits per heavy atom. The first kappa shape index (κ1) is 26.7. The molecule has 0 saturated carbocycles. The van der Waals surface area contributed by atoms with E-state index in [1.54, 1.807) is 30.3 Å². The molecule has 1 N–H and O–H groups in total. The van der Waals surface area contributed by atoms with Crippen molar-refractivity contribution in [3.63, 3.8) is 0 Å². The lowest BCUT2D eigenvalue weighted by atomic mass is 9.94. The van der Waals surface area contributed by atoms with Gasteiger partial charge >= 0.3 is 0 Å². The zero-order valence-electron chi connectivity index (χ0n) is 22.2. The van der Waals surface area contributed by atoms with Crippen molar-refractivity contribution in [2.45, 2.75) is 70.2 Å². The number of aromatic nitrogens is 2. The number of unbranched alkanes of at least 4 members (excludes halogenated alkanes) is 3. The molecule has 37 heavy (non-hydrogen) atoms. The highest BCUT2D eigenvalue weighted by Gasteiger charge is 2.32. The number of nitrogens with zero attached hydrogens (tertiary/aromatic N) is 2. The molecule has 0 unspecified atom stereocenters. The SMILES string of the molecule is CCCCCCc1ccc(-c2c(C)nn(C(C)(C)c3ccccc3)c2NS(=O)(=O)c2ccccc2)cc1. The minimum absolute atomic E-state index is 0.214. The van der Waals surface area contributed by atoms with Gasteiger partial charge in [0, 0.05) is 5.56 Å². The molecule has 5 nitrogen and oxygen atoms in total. The first-order chi connectivity index (χ1) is 17.7. The van der Waals surface area contributed by atoms with Gasteiger partial charge in [-0.2, -0.15) is 5.10 Å². The first-order valence-corrected chi connectivity index (χ1v) is 14.5. The molecule has 4 rings (SSSR count). The fraction of sp³-hybridized carbons (Fsp3) is 0.323. The molecule has 0 atom stereocenters. The number of aryl methyl sites for hydroxylation is 2. The Labute approximate surface area is 221 Å². The Bertz CT molecular complexity index is 1410. The van der Waals surface area contributed by atoms with Crippen LogP contribution < -0.4 is 4.72 Å². The molecule has 4 aromatic rings. The number of hydrogen-bond acceptors (Lipinski definition) is 3. The van der Waals surface area contributed by atoms with Gasteiger partial charge in [-0.25, -0.2) is 13.1 Å². The van der Waals surface area contributed by atoms with Crippen LogP contribution in [0.5, 0.6) is 0 Å². The van der Waals surface area contributed by atoms with Gasteiger partial charge in [0.1, 0.15) is 5.82 Å². The molecule has 1 heterocycles. The third-order valence-electron chi connectivity index (χ3n) is 6.92. The normalized spacial score (nSPS) is 12.0. The summed E-state index contributed by atoms with van der Waals surface area (Å²) in [6.07, 6.45) is 5.95. The molecule has 194 valence electrons. The van der Waals surface area contributed by atoms with E-state index >= 15 is 0 Å². The van der Waals surface area contributed by atoms with Gasteiger partial charge in [-0.05, 0) is 62.4 Å². The predicted molar refractivity (Wildman–Crippen MR) is 152 cm³/mol. The number of rotatable bonds is 11. The monoisotopic (exact) mass is 515 g/mol. The second-order valence-corrected chi connectivity index (χ2v) is 11.8. The summed E-state index contributed by atoms with van der Waals surface area (Å²) >= 11 is 0. The number of anilines is 1. The Hall–Kier alpha value is -3.38. The van der Waals surface area contributed by atoms with Crippen LogP contribution in [0, 0.1) is 6.92 Å². The van der Waals surface area contributed by atoms with Crippen molar-refractivity contribution in [3.8, 4) is 11.1 Å². The summed E-state index contributed by atoms with van der Waals surface area (Å²) in [4.78, 5) is 0.214. The number of sulfonamides is 1. The van der Waals surface area contributed by atoms with E-state index in [2.05, 4.69) is 49.8 Å². The van der Waals surface area contributed by atoms with E-state index in [0.717, 1.165) is 28.8 Å². The fourth-order valence-corrected chi connectivity index (χ4v) is 5.80. The lowest BCUT2D eigenvalue weighted by molar-refractivity contribution is 0.395. The van der Waals surface area contributed by atoms with Crippen LogP contribution in [0.15, 0.2) is 89.8 Å². The summed E-state index contributed by atoms with van der Waals surface area (Å²) in [6.45, 7) is 8.27. The molecular formula is C31H37N3O2S. The molecular weight excluding hydrogens is 478 g/mol. The Morgan fingerprint density at radius 2 is 1.46 bits per heavy atom. The van der Waals surface area contributed by atoms with Crippen molar-refractivity contribution in [1.82, 2.24) is 9.78 Å². The van der Waals surface area contributed by atoms with Crippen LogP contribution in [0.3, 0.4) is 0 Å². The second kappa shape index (κ2) is 11.3. The third kappa shape index (κ3) is 5.96. The van der Waals surface area contributed by atoms with Crippen LogP contribution in [0.2, 0.25) is 0 Å². The highest BCUT2D eigenvalue weighted by Crippen LogP contribution is 2.38. The van der Waals surface area contributed by atoms with E-state index in [9.17, 15) is 8.42 Å². The maximum atomic E-state index is 13.5.